The molecule has 1 aromatic rings. The number of carboxylic acids is 1. The number of hydrogen-bond acceptors (Lipinski definition) is 2. The summed E-state index contributed by atoms with van der Waals surface area (Å²) in [6.07, 6.45) is -0.0454. The molecule has 20 heavy (non-hydrogen) atoms. The van der Waals surface area contributed by atoms with Crippen LogP contribution in [-0.4, -0.2) is 35.0 Å². The van der Waals surface area contributed by atoms with E-state index < -0.39 is 11.4 Å². The maximum atomic E-state index is 12.6. The maximum absolute atomic E-state index is 12.6. The normalized spacial score (nSPS) is 11.2. The third kappa shape index (κ3) is 3.97. The maximum Gasteiger partial charge on any atom is 0.305 e. The van der Waals surface area contributed by atoms with Gasteiger partial charge in [0.2, 0.25) is 5.91 Å². The molecule has 0 bridgehead atoms. The summed E-state index contributed by atoms with van der Waals surface area (Å²) in [5.74, 6) is -0.982. The molecule has 110 valence electrons. The van der Waals surface area contributed by atoms with Gasteiger partial charge in [0.15, 0.2) is 0 Å². The second kappa shape index (κ2) is 6.75. The molecule has 4 nitrogen and oxygen atoms in total. The number of aliphatic carboxylic acids is 1. The smallest absolute Gasteiger partial charge is 0.305 e. The molecule has 0 heterocycles. The van der Waals surface area contributed by atoms with Crippen molar-refractivity contribution in [1.82, 2.24) is 4.90 Å². The highest BCUT2D eigenvalue weighted by molar-refractivity contribution is 6.30. The predicted molar refractivity (Wildman–Crippen MR) is 79.0 cm³/mol. The molecule has 0 saturated carbocycles. The third-order valence-corrected chi connectivity index (χ3v) is 3.62. The lowest BCUT2D eigenvalue weighted by atomic mass is 9.83. The summed E-state index contributed by atoms with van der Waals surface area (Å²) in [4.78, 5) is 24.8. The van der Waals surface area contributed by atoms with Gasteiger partial charge < -0.3 is 10.0 Å². The van der Waals surface area contributed by atoms with Crippen LogP contribution in [0.15, 0.2) is 24.3 Å². The van der Waals surface area contributed by atoms with Gasteiger partial charge in [0.25, 0.3) is 0 Å². The minimum absolute atomic E-state index is 0.0454. The monoisotopic (exact) mass is 297 g/mol. The fourth-order valence-corrected chi connectivity index (χ4v) is 2.15. The zero-order chi connectivity index (χ0) is 15.3. The Kier molecular flexibility index (Phi) is 5.57. The molecule has 0 atom stereocenters. The van der Waals surface area contributed by atoms with Crippen LogP contribution in [0.4, 0.5) is 0 Å². The highest BCUT2D eigenvalue weighted by atomic mass is 35.5. The molecule has 0 saturated heterocycles. The van der Waals surface area contributed by atoms with Crippen LogP contribution in [0.25, 0.3) is 0 Å². The van der Waals surface area contributed by atoms with Gasteiger partial charge in [-0.15, -0.1) is 0 Å². The average Bonchev–Trinajstić information content (AvgIpc) is 2.39. The van der Waals surface area contributed by atoms with E-state index >= 15 is 0 Å². The molecule has 0 aromatic heterocycles. The molecular weight excluding hydrogens is 278 g/mol. The van der Waals surface area contributed by atoms with Crippen LogP contribution in [-0.2, 0) is 15.0 Å². The van der Waals surface area contributed by atoms with Gasteiger partial charge in [-0.1, -0.05) is 23.7 Å². The minimum Gasteiger partial charge on any atom is -0.481 e. The second-order valence-electron chi connectivity index (χ2n) is 5.16. The van der Waals surface area contributed by atoms with E-state index in [2.05, 4.69) is 0 Å². The predicted octanol–water partition coefficient (Wildman–Crippen LogP) is 2.94. The highest BCUT2D eigenvalue weighted by Gasteiger charge is 2.33. The Bertz CT molecular complexity index is 482. The lowest BCUT2D eigenvalue weighted by molar-refractivity contribution is -0.140. The van der Waals surface area contributed by atoms with Crippen molar-refractivity contribution in [3.05, 3.63) is 34.9 Å². The van der Waals surface area contributed by atoms with E-state index in [9.17, 15) is 9.59 Å². The van der Waals surface area contributed by atoms with Crippen molar-refractivity contribution in [2.24, 2.45) is 0 Å². The van der Waals surface area contributed by atoms with Crippen molar-refractivity contribution in [2.45, 2.75) is 32.6 Å². The molecule has 0 aliphatic rings. The Balaban J connectivity index is 2.91. The summed E-state index contributed by atoms with van der Waals surface area (Å²) in [7, 11) is 0. The van der Waals surface area contributed by atoms with Crippen LogP contribution in [0, 0.1) is 0 Å². The van der Waals surface area contributed by atoms with Crippen molar-refractivity contribution in [3.63, 3.8) is 0 Å². The number of amides is 1. The van der Waals surface area contributed by atoms with E-state index in [1.54, 1.807) is 17.0 Å². The van der Waals surface area contributed by atoms with Crippen LogP contribution in [0.1, 0.15) is 32.8 Å². The van der Waals surface area contributed by atoms with E-state index in [0.29, 0.717) is 11.6 Å². The SMILES string of the molecule is CCN(CCC(=O)O)C(=O)C(C)(C)c1ccc(Cl)cc1. The van der Waals surface area contributed by atoms with Gasteiger partial charge in [0.05, 0.1) is 11.8 Å². The number of hydrogen-bond donors (Lipinski definition) is 1. The standard InChI is InChI=1S/C15H20ClNO3/c1-4-17(10-9-13(18)19)14(20)15(2,3)11-5-7-12(16)8-6-11/h5-8H,4,9-10H2,1-3H3,(H,18,19). The number of carbonyl (C=O) groups is 2. The number of carboxylic acid groups (broad SMARTS) is 1. The third-order valence-electron chi connectivity index (χ3n) is 3.37. The van der Waals surface area contributed by atoms with Crippen LogP contribution < -0.4 is 0 Å². The lowest BCUT2D eigenvalue weighted by Gasteiger charge is -2.31. The van der Waals surface area contributed by atoms with Gasteiger partial charge in [-0.05, 0) is 38.5 Å². The van der Waals surface area contributed by atoms with Gasteiger partial charge in [-0.3, -0.25) is 9.59 Å². The Hall–Kier alpha value is -1.55. The zero-order valence-electron chi connectivity index (χ0n) is 12.0. The van der Waals surface area contributed by atoms with E-state index in [1.165, 1.54) is 0 Å². The Labute approximate surface area is 124 Å². The molecule has 1 aromatic carbocycles. The molecule has 0 spiro atoms. The Morgan fingerprint density at radius 1 is 1.25 bits per heavy atom. The summed E-state index contributed by atoms with van der Waals surface area (Å²) >= 11 is 5.86. The van der Waals surface area contributed by atoms with Crippen molar-refractivity contribution < 1.29 is 14.7 Å². The lowest BCUT2D eigenvalue weighted by Crippen LogP contribution is -2.44. The molecule has 0 radical (unpaired) electrons. The van der Waals surface area contributed by atoms with Gasteiger partial charge >= 0.3 is 5.97 Å². The first-order valence-corrected chi connectivity index (χ1v) is 6.94. The van der Waals surface area contributed by atoms with Crippen molar-refractivity contribution in [2.75, 3.05) is 13.1 Å². The summed E-state index contributed by atoms with van der Waals surface area (Å²) in [6.45, 7) is 6.23. The van der Waals surface area contributed by atoms with Crippen molar-refractivity contribution >= 4 is 23.5 Å². The van der Waals surface area contributed by atoms with Crippen LogP contribution >= 0.6 is 11.6 Å². The molecule has 1 amide bonds. The number of rotatable bonds is 6. The average molecular weight is 298 g/mol. The van der Waals surface area contributed by atoms with Crippen molar-refractivity contribution in [3.8, 4) is 0 Å². The fraction of sp³-hybridized carbons (Fsp3) is 0.467. The summed E-state index contributed by atoms with van der Waals surface area (Å²) in [5.41, 5.74) is 0.153. The molecule has 5 heteroatoms. The van der Waals surface area contributed by atoms with Crippen molar-refractivity contribution in [1.29, 1.82) is 0 Å². The largest absolute Gasteiger partial charge is 0.481 e. The molecular formula is C15H20ClNO3. The highest BCUT2D eigenvalue weighted by Crippen LogP contribution is 2.27. The molecule has 0 fully saturated rings. The van der Waals surface area contributed by atoms with Gasteiger partial charge in [-0.25, -0.2) is 0 Å². The minimum atomic E-state index is -0.902. The van der Waals surface area contributed by atoms with E-state index in [1.807, 2.05) is 32.9 Å². The summed E-state index contributed by atoms with van der Waals surface area (Å²) in [5, 5.41) is 9.36. The molecule has 0 aliphatic heterocycles. The Morgan fingerprint density at radius 3 is 2.25 bits per heavy atom. The summed E-state index contributed by atoms with van der Waals surface area (Å²) < 4.78 is 0. The first kappa shape index (κ1) is 16.5. The van der Waals surface area contributed by atoms with E-state index in [-0.39, 0.29) is 18.9 Å². The first-order chi connectivity index (χ1) is 9.28. The number of benzene rings is 1. The fourth-order valence-electron chi connectivity index (χ4n) is 2.02. The Morgan fingerprint density at radius 2 is 1.80 bits per heavy atom. The zero-order valence-corrected chi connectivity index (χ0v) is 12.8. The number of nitrogens with zero attached hydrogens (tertiary/aromatic N) is 1. The quantitative estimate of drug-likeness (QED) is 0.878. The van der Waals surface area contributed by atoms with E-state index in [4.69, 9.17) is 16.7 Å². The molecule has 1 rings (SSSR count). The van der Waals surface area contributed by atoms with Gasteiger partial charge in [0.1, 0.15) is 0 Å². The van der Waals surface area contributed by atoms with Crippen LogP contribution in [0.2, 0.25) is 5.02 Å². The molecule has 1 N–H and O–H groups in total. The van der Waals surface area contributed by atoms with Gasteiger partial charge in [-0.2, -0.15) is 0 Å². The molecule has 0 aliphatic carbocycles. The number of halogens is 1. The number of carbonyl (C=O) groups excluding carboxylic acids is 1. The number of likely N-dealkylation sites (N-methyl/N-ethyl adjacent to an activating group) is 1. The van der Waals surface area contributed by atoms with Crippen LogP contribution in [0.3, 0.4) is 0 Å². The van der Waals surface area contributed by atoms with Gasteiger partial charge in [0, 0.05) is 18.1 Å². The van der Waals surface area contributed by atoms with E-state index in [0.717, 1.165) is 5.56 Å². The first-order valence-electron chi connectivity index (χ1n) is 6.56. The second-order valence-corrected chi connectivity index (χ2v) is 5.60. The molecule has 0 unspecified atom stereocenters. The summed E-state index contributed by atoms with van der Waals surface area (Å²) in [6, 6.07) is 7.15. The topological polar surface area (TPSA) is 57.6 Å². The van der Waals surface area contributed by atoms with Crippen LogP contribution in [0.5, 0.6) is 0 Å².